The van der Waals surface area contributed by atoms with Crippen molar-refractivity contribution >= 4 is 21.6 Å². The molecule has 122 valence electrons. The van der Waals surface area contributed by atoms with Crippen LogP contribution in [0.25, 0.3) is 21.3 Å². The van der Waals surface area contributed by atoms with Gasteiger partial charge in [0, 0.05) is 23.4 Å². The van der Waals surface area contributed by atoms with Gasteiger partial charge in [-0.15, -0.1) is 11.3 Å². The molecule has 0 aliphatic rings. The van der Waals surface area contributed by atoms with Crippen molar-refractivity contribution in [3.05, 3.63) is 50.9 Å². The lowest BCUT2D eigenvalue weighted by molar-refractivity contribution is 0.607. The number of rotatable bonds is 4. The van der Waals surface area contributed by atoms with Crippen molar-refractivity contribution in [2.75, 3.05) is 0 Å². The van der Waals surface area contributed by atoms with E-state index in [1.165, 1.54) is 5.56 Å². The molecule has 0 saturated heterocycles. The van der Waals surface area contributed by atoms with Crippen molar-refractivity contribution in [3.8, 4) is 17.2 Å². The molecular weight excluding hydrogens is 318 g/mol. The lowest BCUT2D eigenvalue weighted by atomic mass is 10.0. The van der Waals surface area contributed by atoms with Gasteiger partial charge in [0.25, 0.3) is 5.56 Å². The lowest BCUT2D eigenvalue weighted by Crippen LogP contribution is -2.23. The number of aryl methyl sites for hydroxylation is 3. The van der Waals surface area contributed by atoms with Crippen molar-refractivity contribution in [2.24, 2.45) is 0 Å². The van der Waals surface area contributed by atoms with Crippen molar-refractivity contribution < 1.29 is 0 Å². The van der Waals surface area contributed by atoms with Crippen molar-refractivity contribution in [1.29, 1.82) is 5.26 Å². The summed E-state index contributed by atoms with van der Waals surface area (Å²) < 4.78 is 1.70. The molecule has 0 aliphatic carbocycles. The quantitative estimate of drug-likeness (QED) is 0.665. The molecule has 0 saturated carbocycles. The van der Waals surface area contributed by atoms with Crippen LogP contribution in [0.5, 0.6) is 0 Å². The molecule has 0 aliphatic heterocycles. The highest BCUT2D eigenvalue weighted by molar-refractivity contribution is 7.19. The number of nitriles is 1. The van der Waals surface area contributed by atoms with Crippen molar-refractivity contribution in [2.45, 2.75) is 40.2 Å². The highest BCUT2D eigenvalue weighted by Gasteiger charge is 2.18. The molecule has 1 aromatic carbocycles. The molecule has 2 heterocycles. The van der Waals surface area contributed by atoms with Crippen LogP contribution in [0.15, 0.2) is 29.1 Å². The third kappa shape index (κ3) is 2.85. The van der Waals surface area contributed by atoms with Crippen LogP contribution in [0.1, 0.15) is 29.1 Å². The first-order valence-electron chi connectivity index (χ1n) is 7.97. The zero-order chi connectivity index (χ0) is 17.3. The maximum absolute atomic E-state index is 13.1. The Morgan fingerprint density at radius 3 is 2.58 bits per heavy atom. The summed E-state index contributed by atoms with van der Waals surface area (Å²) in [6.45, 7) is 6.48. The number of aromatic nitrogens is 2. The number of unbranched alkanes of at least 4 members (excludes halogenated alkanes) is 1. The second-order valence-electron chi connectivity index (χ2n) is 5.96. The summed E-state index contributed by atoms with van der Waals surface area (Å²) in [4.78, 5) is 19.6. The normalized spacial score (nSPS) is 10.9. The Bertz CT molecular complexity index is 991. The van der Waals surface area contributed by atoms with Gasteiger partial charge in [0.15, 0.2) is 0 Å². The van der Waals surface area contributed by atoms with Gasteiger partial charge in [0.1, 0.15) is 10.7 Å². The fourth-order valence-corrected chi connectivity index (χ4v) is 4.02. The van der Waals surface area contributed by atoms with E-state index in [4.69, 9.17) is 5.26 Å². The molecule has 0 spiro atoms. The average Bonchev–Trinajstić information content (AvgIpc) is 2.87. The predicted octanol–water partition coefficient (Wildman–Crippen LogP) is 4.35. The van der Waals surface area contributed by atoms with Gasteiger partial charge in [-0.1, -0.05) is 29.8 Å². The molecule has 0 unspecified atom stereocenters. The largest absolute Gasteiger partial charge is 0.296 e. The van der Waals surface area contributed by atoms with E-state index in [2.05, 4.69) is 42.2 Å². The van der Waals surface area contributed by atoms with E-state index >= 15 is 0 Å². The van der Waals surface area contributed by atoms with E-state index in [1.54, 1.807) is 15.9 Å². The Balaban J connectivity index is 2.22. The van der Waals surface area contributed by atoms with E-state index in [0.29, 0.717) is 30.6 Å². The van der Waals surface area contributed by atoms with Crippen molar-refractivity contribution in [3.63, 3.8) is 0 Å². The third-order valence-electron chi connectivity index (χ3n) is 4.19. The minimum absolute atomic E-state index is 0.00429. The number of fused-ring (bicyclic) bond motifs is 1. The predicted molar refractivity (Wildman–Crippen MR) is 98.4 cm³/mol. The molecule has 2 aromatic heterocycles. The molecule has 4 nitrogen and oxygen atoms in total. The van der Waals surface area contributed by atoms with E-state index < -0.39 is 0 Å². The molecule has 0 atom stereocenters. The second-order valence-corrected chi connectivity index (χ2v) is 7.16. The minimum Gasteiger partial charge on any atom is -0.296 e. The first-order chi connectivity index (χ1) is 11.5. The Labute approximate surface area is 145 Å². The van der Waals surface area contributed by atoms with Gasteiger partial charge in [-0.2, -0.15) is 5.26 Å². The molecule has 3 rings (SSSR count). The summed E-state index contributed by atoms with van der Waals surface area (Å²) in [5, 5.41) is 9.42. The molecule has 5 heteroatoms. The number of hydrogen-bond acceptors (Lipinski definition) is 4. The molecule has 0 N–H and O–H groups in total. The Morgan fingerprint density at radius 2 is 1.92 bits per heavy atom. The summed E-state index contributed by atoms with van der Waals surface area (Å²) in [6, 6.07) is 10.4. The number of nitrogens with zero attached hydrogens (tertiary/aromatic N) is 3. The summed E-state index contributed by atoms with van der Waals surface area (Å²) in [5.74, 6) is 0.710. The first kappa shape index (κ1) is 16.4. The number of benzene rings is 1. The zero-order valence-electron chi connectivity index (χ0n) is 14.1. The maximum Gasteiger partial charge on any atom is 0.262 e. The standard InChI is InChI=1S/C19H19N3OS/c1-12-6-8-15(9-7-12)16-13(2)24-18-17(16)19(23)22(14(3)21-18)11-5-4-10-20/h6-9H,4-5,11H2,1-3H3. The Morgan fingerprint density at radius 1 is 1.21 bits per heavy atom. The molecule has 0 fully saturated rings. The Hall–Kier alpha value is -2.45. The smallest absolute Gasteiger partial charge is 0.262 e. The monoisotopic (exact) mass is 337 g/mol. The van der Waals surface area contributed by atoms with Crippen LogP contribution in [0.3, 0.4) is 0 Å². The molecule has 0 amide bonds. The van der Waals surface area contributed by atoms with Crippen LogP contribution < -0.4 is 5.56 Å². The van der Waals surface area contributed by atoms with Gasteiger partial charge in [-0.05, 0) is 32.8 Å². The molecule has 3 aromatic rings. The van der Waals surface area contributed by atoms with Gasteiger partial charge in [-0.3, -0.25) is 9.36 Å². The SMILES string of the molecule is Cc1ccc(-c2c(C)sc3nc(C)n(CCCC#N)c(=O)c23)cc1. The summed E-state index contributed by atoms with van der Waals surface area (Å²) in [7, 11) is 0. The van der Waals surface area contributed by atoms with Gasteiger partial charge in [-0.25, -0.2) is 4.98 Å². The lowest BCUT2D eigenvalue weighted by Gasteiger charge is -2.09. The van der Waals surface area contributed by atoms with Crippen LogP contribution in [0.4, 0.5) is 0 Å². The zero-order valence-corrected chi connectivity index (χ0v) is 14.9. The molecule has 24 heavy (non-hydrogen) atoms. The van der Waals surface area contributed by atoms with Crippen molar-refractivity contribution in [1.82, 2.24) is 9.55 Å². The van der Waals surface area contributed by atoms with E-state index in [0.717, 1.165) is 20.8 Å². The van der Waals surface area contributed by atoms with Crippen LogP contribution >= 0.6 is 11.3 Å². The van der Waals surface area contributed by atoms with E-state index in [1.807, 2.05) is 13.8 Å². The van der Waals surface area contributed by atoms with Gasteiger partial charge < -0.3 is 0 Å². The fourth-order valence-electron chi connectivity index (χ4n) is 2.94. The Kier molecular flexibility index (Phi) is 4.50. The molecule has 0 radical (unpaired) electrons. The summed E-state index contributed by atoms with van der Waals surface area (Å²) in [5.41, 5.74) is 3.23. The molecule has 0 bridgehead atoms. The summed E-state index contributed by atoms with van der Waals surface area (Å²) in [6.07, 6.45) is 1.10. The second kappa shape index (κ2) is 6.58. The minimum atomic E-state index is -0.00429. The number of hydrogen-bond donors (Lipinski definition) is 0. The highest BCUT2D eigenvalue weighted by atomic mass is 32.1. The van der Waals surface area contributed by atoms with Crippen LogP contribution in [-0.2, 0) is 6.54 Å². The van der Waals surface area contributed by atoms with Gasteiger partial charge in [0.05, 0.1) is 11.5 Å². The third-order valence-corrected chi connectivity index (χ3v) is 5.19. The average molecular weight is 337 g/mol. The topological polar surface area (TPSA) is 58.7 Å². The van der Waals surface area contributed by atoms with Crippen LogP contribution in [-0.4, -0.2) is 9.55 Å². The number of thiophene rings is 1. The van der Waals surface area contributed by atoms with E-state index in [-0.39, 0.29) is 5.56 Å². The molecular formula is C19H19N3OS. The van der Waals surface area contributed by atoms with Crippen LogP contribution in [0, 0.1) is 32.1 Å². The first-order valence-corrected chi connectivity index (χ1v) is 8.79. The fraction of sp³-hybridized carbons (Fsp3) is 0.316. The van der Waals surface area contributed by atoms with Gasteiger partial charge >= 0.3 is 0 Å². The summed E-state index contributed by atoms with van der Waals surface area (Å²) >= 11 is 1.57. The highest BCUT2D eigenvalue weighted by Crippen LogP contribution is 2.35. The van der Waals surface area contributed by atoms with Crippen LogP contribution in [0.2, 0.25) is 0 Å². The van der Waals surface area contributed by atoms with E-state index in [9.17, 15) is 4.79 Å². The maximum atomic E-state index is 13.1. The van der Waals surface area contributed by atoms with Gasteiger partial charge in [0.2, 0.25) is 0 Å².